The first kappa shape index (κ1) is 17.8. The number of rotatable bonds is 3. The predicted molar refractivity (Wildman–Crippen MR) is 86.3 cm³/mol. The number of hydrogen-bond acceptors (Lipinski definition) is 3. The van der Waals surface area contributed by atoms with Gasteiger partial charge in [-0.25, -0.2) is 0 Å². The Bertz CT molecular complexity index is 765. The SMILES string of the molecule is CN(C(=O)c1onc(-c2ccc(C(F)(F)F)cc2)c1Cl)C1CCCC1. The minimum Gasteiger partial charge on any atom is -0.349 e. The maximum absolute atomic E-state index is 12.6. The number of nitrogens with zero attached hydrogens (tertiary/aromatic N) is 2. The van der Waals surface area contributed by atoms with Gasteiger partial charge in [-0.15, -0.1) is 0 Å². The van der Waals surface area contributed by atoms with Crippen LogP contribution in [0.4, 0.5) is 13.2 Å². The van der Waals surface area contributed by atoms with Crippen LogP contribution in [0.25, 0.3) is 11.3 Å². The highest BCUT2D eigenvalue weighted by atomic mass is 35.5. The molecule has 1 fully saturated rings. The Morgan fingerprint density at radius 2 is 1.84 bits per heavy atom. The monoisotopic (exact) mass is 372 g/mol. The molecule has 0 radical (unpaired) electrons. The fourth-order valence-electron chi connectivity index (χ4n) is 3.03. The van der Waals surface area contributed by atoms with Gasteiger partial charge in [0.2, 0.25) is 5.76 Å². The number of halogens is 4. The van der Waals surface area contributed by atoms with Gasteiger partial charge in [-0.05, 0) is 25.0 Å². The van der Waals surface area contributed by atoms with Gasteiger partial charge in [0.15, 0.2) is 0 Å². The third-order valence-corrected chi connectivity index (χ3v) is 4.86. The van der Waals surface area contributed by atoms with E-state index in [1.807, 2.05) is 0 Å². The molecule has 4 nitrogen and oxygen atoms in total. The second kappa shape index (κ2) is 6.71. The molecule has 0 unspecified atom stereocenters. The number of carbonyl (C=O) groups is 1. The average molecular weight is 373 g/mol. The maximum Gasteiger partial charge on any atom is 0.416 e. The normalized spacial score (nSPS) is 15.6. The summed E-state index contributed by atoms with van der Waals surface area (Å²) < 4.78 is 43.0. The summed E-state index contributed by atoms with van der Waals surface area (Å²) in [5.41, 5.74) is -0.268. The Morgan fingerprint density at radius 3 is 2.40 bits per heavy atom. The van der Waals surface area contributed by atoms with E-state index in [0.717, 1.165) is 37.8 Å². The van der Waals surface area contributed by atoms with Crippen molar-refractivity contribution < 1.29 is 22.5 Å². The lowest BCUT2D eigenvalue weighted by molar-refractivity contribution is -0.137. The third kappa shape index (κ3) is 3.51. The number of hydrogen-bond donors (Lipinski definition) is 0. The molecule has 1 amide bonds. The molecule has 1 heterocycles. The Balaban J connectivity index is 1.84. The number of amides is 1. The van der Waals surface area contributed by atoms with Gasteiger partial charge in [0, 0.05) is 18.7 Å². The van der Waals surface area contributed by atoms with Crippen LogP contribution in [0.5, 0.6) is 0 Å². The van der Waals surface area contributed by atoms with E-state index in [2.05, 4.69) is 5.16 Å². The van der Waals surface area contributed by atoms with Crippen LogP contribution in [-0.2, 0) is 6.18 Å². The van der Waals surface area contributed by atoms with Crippen LogP contribution in [0.3, 0.4) is 0 Å². The summed E-state index contributed by atoms with van der Waals surface area (Å²) >= 11 is 6.21. The average Bonchev–Trinajstić information content (AvgIpc) is 3.22. The zero-order valence-corrected chi connectivity index (χ0v) is 14.2. The van der Waals surface area contributed by atoms with Crippen LogP contribution in [-0.4, -0.2) is 29.1 Å². The van der Waals surface area contributed by atoms with Crippen LogP contribution < -0.4 is 0 Å². The molecule has 2 aromatic rings. The minimum atomic E-state index is -4.42. The molecule has 0 saturated heterocycles. The second-order valence-electron chi connectivity index (χ2n) is 6.10. The van der Waals surface area contributed by atoms with Crippen LogP contribution in [0, 0.1) is 0 Å². The molecule has 1 aromatic carbocycles. The van der Waals surface area contributed by atoms with E-state index in [-0.39, 0.29) is 28.4 Å². The molecule has 8 heteroatoms. The first-order chi connectivity index (χ1) is 11.8. The molecule has 25 heavy (non-hydrogen) atoms. The number of alkyl halides is 3. The summed E-state index contributed by atoms with van der Waals surface area (Å²) in [6.45, 7) is 0. The van der Waals surface area contributed by atoms with Crippen molar-refractivity contribution in [2.75, 3.05) is 7.05 Å². The smallest absolute Gasteiger partial charge is 0.349 e. The fourth-order valence-corrected chi connectivity index (χ4v) is 3.28. The van der Waals surface area contributed by atoms with E-state index in [0.29, 0.717) is 5.56 Å². The molecule has 0 aliphatic heterocycles. The van der Waals surface area contributed by atoms with Crippen molar-refractivity contribution in [2.45, 2.75) is 37.9 Å². The van der Waals surface area contributed by atoms with Crippen molar-refractivity contribution in [3.63, 3.8) is 0 Å². The van der Waals surface area contributed by atoms with Crippen molar-refractivity contribution in [3.8, 4) is 11.3 Å². The molecule has 3 rings (SSSR count). The highest BCUT2D eigenvalue weighted by Crippen LogP contribution is 2.34. The Labute approximate surface area is 147 Å². The summed E-state index contributed by atoms with van der Waals surface area (Å²) in [7, 11) is 1.69. The van der Waals surface area contributed by atoms with Gasteiger partial charge in [0.25, 0.3) is 5.91 Å². The van der Waals surface area contributed by atoms with E-state index in [1.165, 1.54) is 12.1 Å². The molecular weight excluding hydrogens is 357 g/mol. The fraction of sp³-hybridized carbons (Fsp3) is 0.412. The Hall–Kier alpha value is -2.02. The Morgan fingerprint density at radius 1 is 1.24 bits per heavy atom. The van der Waals surface area contributed by atoms with E-state index < -0.39 is 11.7 Å². The minimum absolute atomic E-state index is 0.00889. The van der Waals surface area contributed by atoms with Crippen LogP contribution in [0.15, 0.2) is 28.8 Å². The van der Waals surface area contributed by atoms with Gasteiger partial charge in [0.05, 0.1) is 5.56 Å². The van der Waals surface area contributed by atoms with E-state index in [1.54, 1.807) is 11.9 Å². The quantitative estimate of drug-likeness (QED) is 0.759. The third-order valence-electron chi connectivity index (χ3n) is 4.51. The van der Waals surface area contributed by atoms with Crippen molar-refractivity contribution in [1.82, 2.24) is 10.1 Å². The van der Waals surface area contributed by atoms with Crippen molar-refractivity contribution in [1.29, 1.82) is 0 Å². The van der Waals surface area contributed by atoms with Crippen LogP contribution >= 0.6 is 11.6 Å². The lowest BCUT2D eigenvalue weighted by Crippen LogP contribution is -2.35. The first-order valence-corrected chi connectivity index (χ1v) is 8.27. The maximum atomic E-state index is 12.6. The Kier molecular flexibility index (Phi) is 4.77. The summed E-state index contributed by atoms with van der Waals surface area (Å²) in [5.74, 6) is -0.464. The molecule has 1 aromatic heterocycles. The highest BCUT2D eigenvalue weighted by molar-refractivity contribution is 6.35. The number of benzene rings is 1. The van der Waals surface area contributed by atoms with Crippen LogP contribution in [0.1, 0.15) is 41.8 Å². The number of carbonyl (C=O) groups excluding carboxylic acids is 1. The topological polar surface area (TPSA) is 46.3 Å². The molecule has 134 valence electrons. The lowest BCUT2D eigenvalue weighted by Gasteiger charge is -2.22. The van der Waals surface area contributed by atoms with E-state index in [9.17, 15) is 18.0 Å². The zero-order valence-electron chi connectivity index (χ0n) is 13.4. The standard InChI is InChI=1S/C17H16ClF3N2O2/c1-23(12-4-2-3-5-12)16(24)15-13(18)14(22-25-15)10-6-8-11(9-7-10)17(19,20)21/h6-9,12H,2-5H2,1H3. The lowest BCUT2D eigenvalue weighted by atomic mass is 10.1. The van der Waals surface area contributed by atoms with Gasteiger partial charge in [-0.3, -0.25) is 4.79 Å². The molecule has 1 saturated carbocycles. The molecular formula is C17H16ClF3N2O2. The summed E-state index contributed by atoms with van der Waals surface area (Å²) in [4.78, 5) is 14.1. The van der Waals surface area contributed by atoms with Gasteiger partial charge in [-0.2, -0.15) is 13.2 Å². The summed E-state index contributed by atoms with van der Waals surface area (Å²) in [5, 5.41) is 3.78. The second-order valence-corrected chi connectivity index (χ2v) is 6.48. The van der Waals surface area contributed by atoms with Gasteiger partial charge in [-0.1, -0.05) is 41.7 Å². The van der Waals surface area contributed by atoms with Gasteiger partial charge < -0.3 is 9.42 Å². The van der Waals surface area contributed by atoms with E-state index in [4.69, 9.17) is 16.1 Å². The van der Waals surface area contributed by atoms with Crippen molar-refractivity contribution in [2.24, 2.45) is 0 Å². The van der Waals surface area contributed by atoms with Gasteiger partial charge >= 0.3 is 6.18 Å². The predicted octanol–water partition coefficient (Wildman–Crippen LogP) is 5.03. The molecule has 0 atom stereocenters. The molecule has 1 aliphatic rings. The number of aromatic nitrogens is 1. The molecule has 1 aliphatic carbocycles. The highest BCUT2D eigenvalue weighted by Gasteiger charge is 2.32. The summed E-state index contributed by atoms with van der Waals surface area (Å²) in [6, 6.07) is 4.52. The van der Waals surface area contributed by atoms with Crippen molar-refractivity contribution in [3.05, 3.63) is 40.6 Å². The largest absolute Gasteiger partial charge is 0.416 e. The zero-order chi connectivity index (χ0) is 18.2. The van der Waals surface area contributed by atoms with Crippen molar-refractivity contribution >= 4 is 17.5 Å². The van der Waals surface area contributed by atoms with Crippen LogP contribution in [0.2, 0.25) is 5.02 Å². The van der Waals surface area contributed by atoms with E-state index >= 15 is 0 Å². The molecule has 0 spiro atoms. The summed E-state index contributed by atoms with van der Waals surface area (Å²) in [6.07, 6.45) is -0.413. The van der Waals surface area contributed by atoms with Gasteiger partial charge in [0.1, 0.15) is 10.7 Å². The first-order valence-electron chi connectivity index (χ1n) is 7.89. The molecule has 0 N–H and O–H groups in total. The molecule has 0 bridgehead atoms.